The molecule has 0 saturated carbocycles. The lowest BCUT2D eigenvalue weighted by atomic mass is 10.1. The van der Waals surface area contributed by atoms with Crippen molar-refractivity contribution in [1.82, 2.24) is 20.1 Å². The van der Waals surface area contributed by atoms with Crippen LogP contribution in [0.1, 0.15) is 32.4 Å². The molecular weight excluding hydrogens is 240 g/mol. The van der Waals surface area contributed by atoms with Crippen molar-refractivity contribution < 1.29 is 4.42 Å². The van der Waals surface area contributed by atoms with E-state index in [2.05, 4.69) is 36.2 Å². The van der Waals surface area contributed by atoms with Gasteiger partial charge in [0.15, 0.2) is 11.7 Å². The molecule has 2 heterocycles. The van der Waals surface area contributed by atoms with Gasteiger partial charge in [0.2, 0.25) is 0 Å². The average molecular weight is 262 g/mol. The number of aromatic nitrogens is 3. The summed E-state index contributed by atoms with van der Waals surface area (Å²) in [5, 5.41) is 7.73. The molecule has 2 aromatic rings. The van der Waals surface area contributed by atoms with Crippen LogP contribution in [0.25, 0.3) is 11.5 Å². The number of aryl methyl sites for hydroxylation is 2. The van der Waals surface area contributed by atoms with Crippen molar-refractivity contribution in [3.05, 3.63) is 23.8 Å². The molecule has 2 aromatic heterocycles. The van der Waals surface area contributed by atoms with Crippen LogP contribution in [0.15, 0.2) is 16.7 Å². The lowest BCUT2D eigenvalue weighted by molar-refractivity contribution is 0.411. The molecule has 0 fully saturated rings. The topological polar surface area (TPSA) is 55.9 Å². The smallest absolute Gasteiger partial charge is 0.196 e. The second-order valence-corrected chi connectivity index (χ2v) is 5.84. The fourth-order valence-electron chi connectivity index (χ4n) is 1.93. The SMILES string of the molecule is Cc1cc(-c2cnc(CCNC(C)(C)C)o2)n(C)n1. The Labute approximate surface area is 114 Å². The standard InChI is InChI=1S/C14H22N4O/c1-10-8-11(18(5)17-10)12-9-15-13(19-12)6-7-16-14(2,3)4/h8-9,16H,6-7H2,1-5H3. The van der Waals surface area contributed by atoms with Crippen molar-refractivity contribution in [1.29, 1.82) is 0 Å². The van der Waals surface area contributed by atoms with Gasteiger partial charge in [0.1, 0.15) is 5.69 Å². The molecule has 0 spiro atoms. The molecule has 0 aromatic carbocycles. The summed E-state index contributed by atoms with van der Waals surface area (Å²) in [7, 11) is 1.91. The van der Waals surface area contributed by atoms with Gasteiger partial charge in [-0.2, -0.15) is 5.10 Å². The second-order valence-electron chi connectivity index (χ2n) is 5.84. The van der Waals surface area contributed by atoms with Crippen LogP contribution in [0, 0.1) is 6.92 Å². The Morgan fingerprint density at radius 3 is 2.68 bits per heavy atom. The van der Waals surface area contributed by atoms with E-state index in [0.717, 1.165) is 36.0 Å². The van der Waals surface area contributed by atoms with E-state index in [4.69, 9.17) is 4.42 Å². The fraction of sp³-hybridized carbons (Fsp3) is 0.571. The predicted octanol–water partition coefficient (Wildman–Crippen LogP) is 2.31. The molecule has 0 radical (unpaired) electrons. The Morgan fingerprint density at radius 1 is 1.37 bits per heavy atom. The van der Waals surface area contributed by atoms with Crippen LogP contribution < -0.4 is 5.32 Å². The number of hydrogen-bond donors (Lipinski definition) is 1. The molecule has 1 N–H and O–H groups in total. The minimum atomic E-state index is 0.120. The first-order valence-electron chi connectivity index (χ1n) is 6.56. The van der Waals surface area contributed by atoms with E-state index in [9.17, 15) is 0 Å². The van der Waals surface area contributed by atoms with Crippen LogP contribution in [0.2, 0.25) is 0 Å². The molecule has 0 atom stereocenters. The molecule has 0 aliphatic carbocycles. The predicted molar refractivity (Wildman–Crippen MR) is 74.9 cm³/mol. The highest BCUT2D eigenvalue weighted by Crippen LogP contribution is 2.20. The lowest BCUT2D eigenvalue weighted by Crippen LogP contribution is -2.37. The lowest BCUT2D eigenvalue weighted by Gasteiger charge is -2.19. The highest BCUT2D eigenvalue weighted by Gasteiger charge is 2.12. The van der Waals surface area contributed by atoms with E-state index in [1.807, 2.05) is 24.7 Å². The minimum absolute atomic E-state index is 0.120. The van der Waals surface area contributed by atoms with Crippen LogP contribution in [0.4, 0.5) is 0 Å². The third-order valence-electron chi connectivity index (χ3n) is 2.80. The number of nitrogens with zero attached hydrogens (tertiary/aromatic N) is 3. The normalized spacial score (nSPS) is 12.1. The van der Waals surface area contributed by atoms with Crippen molar-refractivity contribution in [3.63, 3.8) is 0 Å². The van der Waals surface area contributed by atoms with Gasteiger partial charge in [0, 0.05) is 25.6 Å². The molecular formula is C14H22N4O. The van der Waals surface area contributed by atoms with Crippen molar-refractivity contribution in [2.24, 2.45) is 7.05 Å². The van der Waals surface area contributed by atoms with E-state index in [0.29, 0.717) is 0 Å². The molecule has 5 heteroatoms. The summed E-state index contributed by atoms with van der Waals surface area (Å²) in [4.78, 5) is 4.31. The molecule has 5 nitrogen and oxygen atoms in total. The number of hydrogen-bond acceptors (Lipinski definition) is 4. The summed E-state index contributed by atoms with van der Waals surface area (Å²) in [6.45, 7) is 9.26. The summed E-state index contributed by atoms with van der Waals surface area (Å²) < 4.78 is 7.58. The first-order valence-corrected chi connectivity index (χ1v) is 6.56. The maximum Gasteiger partial charge on any atom is 0.196 e. The van der Waals surface area contributed by atoms with Crippen molar-refractivity contribution in [3.8, 4) is 11.5 Å². The van der Waals surface area contributed by atoms with Gasteiger partial charge < -0.3 is 9.73 Å². The van der Waals surface area contributed by atoms with Crippen molar-refractivity contribution in [2.45, 2.75) is 39.7 Å². The maximum atomic E-state index is 5.77. The highest BCUT2D eigenvalue weighted by atomic mass is 16.4. The van der Waals surface area contributed by atoms with E-state index < -0.39 is 0 Å². The summed E-state index contributed by atoms with van der Waals surface area (Å²) >= 11 is 0. The van der Waals surface area contributed by atoms with Gasteiger partial charge in [-0.25, -0.2) is 4.98 Å². The molecule has 0 bridgehead atoms. The second kappa shape index (κ2) is 5.17. The average Bonchev–Trinajstić information content (AvgIpc) is 2.83. The van der Waals surface area contributed by atoms with E-state index in [-0.39, 0.29) is 5.54 Å². The molecule has 2 rings (SSSR count). The number of rotatable bonds is 4. The molecule has 0 amide bonds. The largest absolute Gasteiger partial charge is 0.439 e. The van der Waals surface area contributed by atoms with Crippen molar-refractivity contribution >= 4 is 0 Å². The fourth-order valence-corrected chi connectivity index (χ4v) is 1.93. The molecule has 0 unspecified atom stereocenters. The van der Waals surface area contributed by atoms with Gasteiger partial charge in [0.25, 0.3) is 0 Å². The van der Waals surface area contributed by atoms with E-state index >= 15 is 0 Å². The number of oxazole rings is 1. The van der Waals surface area contributed by atoms with E-state index in [1.165, 1.54) is 0 Å². The van der Waals surface area contributed by atoms with Crippen LogP contribution in [-0.2, 0) is 13.5 Å². The zero-order chi connectivity index (χ0) is 14.0. The van der Waals surface area contributed by atoms with E-state index in [1.54, 1.807) is 6.20 Å². The first kappa shape index (κ1) is 13.8. The third kappa shape index (κ3) is 3.67. The van der Waals surface area contributed by atoms with Crippen LogP contribution in [-0.4, -0.2) is 26.8 Å². The summed E-state index contributed by atoms with van der Waals surface area (Å²) in [5.74, 6) is 1.53. The van der Waals surface area contributed by atoms with Crippen LogP contribution in [0.5, 0.6) is 0 Å². The number of nitrogens with one attached hydrogen (secondary N) is 1. The molecule has 0 saturated heterocycles. The van der Waals surface area contributed by atoms with Gasteiger partial charge in [-0.3, -0.25) is 4.68 Å². The summed E-state index contributed by atoms with van der Waals surface area (Å²) in [6.07, 6.45) is 2.55. The summed E-state index contributed by atoms with van der Waals surface area (Å²) in [5.41, 5.74) is 2.05. The van der Waals surface area contributed by atoms with Gasteiger partial charge in [0.05, 0.1) is 11.9 Å². The molecule has 0 aliphatic rings. The Bertz CT molecular complexity index is 548. The zero-order valence-electron chi connectivity index (χ0n) is 12.3. The Kier molecular flexibility index (Phi) is 3.75. The molecule has 19 heavy (non-hydrogen) atoms. The van der Waals surface area contributed by atoms with Crippen molar-refractivity contribution in [2.75, 3.05) is 6.54 Å². The maximum absolute atomic E-state index is 5.77. The monoisotopic (exact) mass is 262 g/mol. The third-order valence-corrected chi connectivity index (χ3v) is 2.80. The Balaban J connectivity index is 2.01. The van der Waals surface area contributed by atoms with Gasteiger partial charge in [-0.1, -0.05) is 0 Å². The zero-order valence-corrected chi connectivity index (χ0v) is 12.3. The Morgan fingerprint density at radius 2 is 2.11 bits per heavy atom. The highest BCUT2D eigenvalue weighted by molar-refractivity contribution is 5.51. The van der Waals surface area contributed by atoms with Crippen LogP contribution >= 0.6 is 0 Å². The summed E-state index contributed by atoms with van der Waals surface area (Å²) in [6, 6.07) is 2.00. The minimum Gasteiger partial charge on any atom is -0.439 e. The quantitative estimate of drug-likeness (QED) is 0.918. The Hall–Kier alpha value is -1.62. The first-order chi connectivity index (χ1) is 8.85. The van der Waals surface area contributed by atoms with Gasteiger partial charge >= 0.3 is 0 Å². The van der Waals surface area contributed by atoms with Gasteiger partial charge in [-0.05, 0) is 33.8 Å². The molecule has 104 valence electrons. The van der Waals surface area contributed by atoms with Gasteiger partial charge in [-0.15, -0.1) is 0 Å². The molecule has 0 aliphatic heterocycles. The van der Waals surface area contributed by atoms with Crippen LogP contribution in [0.3, 0.4) is 0 Å².